The minimum Gasteiger partial charge on any atom is -0.296 e. The van der Waals surface area contributed by atoms with Crippen LogP contribution in [0.2, 0.25) is 0 Å². The normalized spacial score (nSPS) is 11.0. The molecule has 0 aliphatic rings. The van der Waals surface area contributed by atoms with Crippen LogP contribution in [0.15, 0.2) is 57.8 Å². The molecule has 30 heavy (non-hydrogen) atoms. The molecule has 0 saturated heterocycles. The predicted octanol–water partition coefficient (Wildman–Crippen LogP) is 5.25. The zero-order valence-electron chi connectivity index (χ0n) is 16.5. The highest BCUT2D eigenvalue weighted by Crippen LogP contribution is 2.31. The van der Waals surface area contributed by atoms with E-state index in [1.165, 1.54) is 16.0 Å². The van der Waals surface area contributed by atoms with Crippen LogP contribution in [0.3, 0.4) is 0 Å². The zero-order valence-corrected chi connectivity index (χ0v) is 18.9. The SMILES string of the molecule is CCCn1nc(C(=O)Nc2nc(-c3ccc(Br)cc3)c(C)s2)c2ccccc2c1=O. The van der Waals surface area contributed by atoms with E-state index in [-0.39, 0.29) is 17.2 Å². The van der Waals surface area contributed by atoms with Gasteiger partial charge in [0.15, 0.2) is 10.8 Å². The Morgan fingerprint density at radius 2 is 1.83 bits per heavy atom. The fourth-order valence-corrected chi connectivity index (χ4v) is 4.34. The summed E-state index contributed by atoms with van der Waals surface area (Å²) < 4.78 is 2.35. The summed E-state index contributed by atoms with van der Waals surface area (Å²) in [6.45, 7) is 4.39. The summed E-state index contributed by atoms with van der Waals surface area (Å²) in [6, 6.07) is 14.9. The van der Waals surface area contributed by atoms with Crippen LogP contribution >= 0.6 is 27.3 Å². The van der Waals surface area contributed by atoms with Gasteiger partial charge in [-0.3, -0.25) is 14.9 Å². The Morgan fingerprint density at radius 1 is 1.13 bits per heavy atom. The summed E-state index contributed by atoms with van der Waals surface area (Å²) >= 11 is 4.84. The summed E-state index contributed by atoms with van der Waals surface area (Å²) in [7, 11) is 0. The molecule has 152 valence electrons. The highest BCUT2D eigenvalue weighted by molar-refractivity contribution is 9.10. The summed E-state index contributed by atoms with van der Waals surface area (Å²) in [6.07, 6.45) is 0.745. The van der Waals surface area contributed by atoms with Crippen molar-refractivity contribution in [2.75, 3.05) is 5.32 Å². The molecule has 2 aromatic carbocycles. The Morgan fingerprint density at radius 3 is 2.53 bits per heavy atom. The van der Waals surface area contributed by atoms with Gasteiger partial charge in [-0.05, 0) is 31.5 Å². The van der Waals surface area contributed by atoms with Gasteiger partial charge in [-0.15, -0.1) is 11.3 Å². The van der Waals surface area contributed by atoms with Crippen molar-refractivity contribution in [3.8, 4) is 11.3 Å². The van der Waals surface area contributed by atoms with Crippen molar-refractivity contribution in [1.82, 2.24) is 14.8 Å². The van der Waals surface area contributed by atoms with Gasteiger partial charge < -0.3 is 0 Å². The van der Waals surface area contributed by atoms with E-state index in [4.69, 9.17) is 0 Å². The molecule has 4 rings (SSSR count). The van der Waals surface area contributed by atoms with E-state index in [9.17, 15) is 9.59 Å². The first kappa shape index (κ1) is 20.4. The van der Waals surface area contributed by atoms with Crippen molar-refractivity contribution in [2.45, 2.75) is 26.8 Å². The summed E-state index contributed by atoms with van der Waals surface area (Å²) in [4.78, 5) is 31.3. The van der Waals surface area contributed by atoms with Gasteiger partial charge in [0.1, 0.15) is 0 Å². The van der Waals surface area contributed by atoms with Crippen LogP contribution < -0.4 is 10.9 Å². The van der Waals surface area contributed by atoms with E-state index in [2.05, 4.69) is 31.3 Å². The number of hydrogen-bond acceptors (Lipinski definition) is 5. The lowest BCUT2D eigenvalue weighted by Gasteiger charge is -2.09. The quantitative estimate of drug-likeness (QED) is 0.421. The maximum atomic E-state index is 13.1. The van der Waals surface area contributed by atoms with E-state index in [1.54, 1.807) is 24.3 Å². The molecule has 0 radical (unpaired) electrons. The van der Waals surface area contributed by atoms with Crippen molar-refractivity contribution in [3.05, 3.63) is 73.9 Å². The van der Waals surface area contributed by atoms with Gasteiger partial charge in [-0.1, -0.05) is 53.2 Å². The number of anilines is 1. The molecule has 6 nitrogen and oxygen atoms in total. The van der Waals surface area contributed by atoms with Gasteiger partial charge in [0.2, 0.25) is 0 Å². The monoisotopic (exact) mass is 482 g/mol. The maximum absolute atomic E-state index is 13.1. The van der Waals surface area contributed by atoms with E-state index in [0.29, 0.717) is 22.4 Å². The third-order valence-corrected chi connectivity index (χ3v) is 6.07. The summed E-state index contributed by atoms with van der Waals surface area (Å²) in [5.74, 6) is -0.382. The van der Waals surface area contributed by atoms with Gasteiger partial charge in [-0.25, -0.2) is 9.67 Å². The third kappa shape index (κ3) is 3.93. The van der Waals surface area contributed by atoms with Gasteiger partial charge in [0, 0.05) is 26.8 Å². The highest BCUT2D eigenvalue weighted by Gasteiger charge is 2.19. The molecule has 0 bridgehead atoms. The maximum Gasteiger partial charge on any atom is 0.278 e. The number of aromatic nitrogens is 3. The third-order valence-electron chi connectivity index (χ3n) is 4.65. The number of carbonyl (C=O) groups is 1. The number of halogens is 1. The first-order valence-electron chi connectivity index (χ1n) is 9.52. The minimum atomic E-state index is -0.382. The van der Waals surface area contributed by atoms with Crippen LogP contribution in [0.25, 0.3) is 22.0 Å². The van der Waals surface area contributed by atoms with Crippen LogP contribution in [0.4, 0.5) is 5.13 Å². The Bertz CT molecular complexity index is 1290. The summed E-state index contributed by atoms with van der Waals surface area (Å²) in [5, 5.41) is 8.72. The average molecular weight is 483 g/mol. The first-order valence-corrected chi connectivity index (χ1v) is 11.1. The molecule has 0 unspecified atom stereocenters. The second-order valence-electron chi connectivity index (χ2n) is 6.81. The predicted molar refractivity (Wildman–Crippen MR) is 124 cm³/mol. The molecule has 0 aliphatic carbocycles. The van der Waals surface area contributed by atoms with E-state index in [1.807, 2.05) is 38.1 Å². The number of aryl methyl sites for hydroxylation is 2. The molecule has 4 aromatic rings. The topological polar surface area (TPSA) is 76.9 Å². The van der Waals surface area contributed by atoms with Crippen molar-refractivity contribution >= 4 is 49.1 Å². The Balaban J connectivity index is 1.70. The standard InChI is InChI=1S/C22H19BrN4O2S/c1-3-12-27-21(29)17-7-5-4-6-16(17)19(26-27)20(28)25-22-24-18(13(2)30-22)14-8-10-15(23)11-9-14/h4-11H,3,12H2,1-2H3,(H,24,25,28). The number of amides is 1. The Hall–Kier alpha value is -2.84. The molecule has 1 amide bonds. The number of nitrogens with one attached hydrogen (secondary N) is 1. The fourth-order valence-electron chi connectivity index (χ4n) is 3.25. The molecule has 0 aliphatic heterocycles. The lowest BCUT2D eigenvalue weighted by molar-refractivity contribution is 0.102. The molecule has 2 aromatic heterocycles. The van der Waals surface area contributed by atoms with E-state index < -0.39 is 0 Å². The lowest BCUT2D eigenvalue weighted by atomic mass is 10.1. The molecule has 0 atom stereocenters. The molecule has 0 fully saturated rings. The van der Waals surface area contributed by atoms with Crippen molar-refractivity contribution in [3.63, 3.8) is 0 Å². The number of carbonyl (C=O) groups excluding carboxylic acids is 1. The van der Waals surface area contributed by atoms with Crippen molar-refractivity contribution in [1.29, 1.82) is 0 Å². The van der Waals surface area contributed by atoms with Gasteiger partial charge in [0.05, 0.1) is 11.1 Å². The van der Waals surface area contributed by atoms with Gasteiger partial charge >= 0.3 is 0 Å². The molecule has 1 N–H and O–H groups in total. The zero-order chi connectivity index (χ0) is 21.3. The fraction of sp³-hybridized carbons (Fsp3) is 0.182. The first-order chi connectivity index (χ1) is 14.5. The van der Waals surface area contributed by atoms with Crippen LogP contribution in [0.5, 0.6) is 0 Å². The Labute approximate surface area is 185 Å². The molecule has 0 saturated carbocycles. The molecule has 8 heteroatoms. The van der Waals surface area contributed by atoms with Crippen LogP contribution in [0.1, 0.15) is 28.7 Å². The van der Waals surface area contributed by atoms with Crippen LogP contribution in [0, 0.1) is 6.92 Å². The number of nitrogens with zero attached hydrogens (tertiary/aromatic N) is 3. The van der Waals surface area contributed by atoms with Crippen molar-refractivity contribution in [2.24, 2.45) is 0 Å². The number of benzene rings is 2. The van der Waals surface area contributed by atoms with E-state index >= 15 is 0 Å². The number of thiazole rings is 1. The number of hydrogen-bond donors (Lipinski definition) is 1. The molecular weight excluding hydrogens is 464 g/mol. The van der Waals surface area contributed by atoms with E-state index in [0.717, 1.165) is 27.0 Å². The second-order valence-corrected chi connectivity index (χ2v) is 8.93. The van der Waals surface area contributed by atoms with Crippen molar-refractivity contribution < 1.29 is 4.79 Å². The second kappa shape index (κ2) is 8.49. The molecule has 2 heterocycles. The Kier molecular flexibility index (Phi) is 5.78. The minimum absolute atomic E-state index is 0.188. The highest BCUT2D eigenvalue weighted by atomic mass is 79.9. The number of fused-ring (bicyclic) bond motifs is 1. The smallest absolute Gasteiger partial charge is 0.278 e. The average Bonchev–Trinajstić information content (AvgIpc) is 3.10. The van der Waals surface area contributed by atoms with Gasteiger partial charge in [0.25, 0.3) is 11.5 Å². The molecule has 0 spiro atoms. The summed E-state index contributed by atoms with van der Waals surface area (Å²) in [5.41, 5.74) is 1.84. The lowest BCUT2D eigenvalue weighted by Crippen LogP contribution is -2.27. The largest absolute Gasteiger partial charge is 0.296 e. The molecular formula is C22H19BrN4O2S. The van der Waals surface area contributed by atoms with Gasteiger partial charge in [-0.2, -0.15) is 5.10 Å². The van der Waals surface area contributed by atoms with Crippen LogP contribution in [-0.2, 0) is 6.54 Å². The van der Waals surface area contributed by atoms with Crippen LogP contribution in [-0.4, -0.2) is 20.7 Å². The number of rotatable bonds is 5.